The van der Waals surface area contributed by atoms with E-state index < -0.39 is 0 Å². The molecule has 0 radical (unpaired) electrons. The van der Waals surface area contributed by atoms with Crippen LogP contribution in [-0.2, 0) is 4.79 Å². The molecule has 0 saturated heterocycles. The zero-order valence-electron chi connectivity index (χ0n) is 10.1. The van der Waals surface area contributed by atoms with Gasteiger partial charge in [-0.05, 0) is 19.1 Å². The molecule has 18 heavy (non-hydrogen) atoms. The van der Waals surface area contributed by atoms with Crippen LogP contribution < -0.4 is 11.1 Å². The number of nitrogens with two attached hydrogens (primary N) is 1. The molecular weight excluding hydrogens is 246 g/mol. The predicted octanol–water partition coefficient (Wildman–Crippen LogP) is 2.41. The molecule has 1 amide bonds. The normalized spacial score (nSPS) is 10.3. The molecule has 0 atom stereocenters. The summed E-state index contributed by atoms with van der Waals surface area (Å²) in [6.07, 6.45) is 0.340. The van der Waals surface area contributed by atoms with E-state index in [2.05, 4.69) is 10.3 Å². The quantitative estimate of drug-likeness (QED) is 0.888. The lowest BCUT2D eigenvalue weighted by Gasteiger charge is -2.04. The Kier molecular flexibility index (Phi) is 4.07. The van der Waals surface area contributed by atoms with Gasteiger partial charge < -0.3 is 11.1 Å². The van der Waals surface area contributed by atoms with E-state index in [1.54, 1.807) is 11.3 Å². The van der Waals surface area contributed by atoms with E-state index in [0.29, 0.717) is 13.0 Å². The highest BCUT2D eigenvalue weighted by atomic mass is 32.1. The summed E-state index contributed by atoms with van der Waals surface area (Å²) in [7, 11) is 0. The molecule has 0 saturated carbocycles. The minimum atomic E-state index is -0.0604. The van der Waals surface area contributed by atoms with Gasteiger partial charge in [-0.3, -0.25) is 4.79 Å². The maximum atomic E-state index is 11.4. The van der Waals surface area contributed by atoms with Gasteiger partial charge in [0.2, 0.25) is 5.91 Å². The van der Waals surface area contributed by atoms with E-state index in [4.69, 9.17) is 5.73 Å². The summed E-state index contributed by atoms with van der Waals surface area (Å²) in [6.45, 7) is 2.34. The fourth-order valence-corrected chi connectivity index (χ4v) is 2.20. The number of carbonyl (C=O) groups is 1. The molecule has 0 aliphatic heterocycles. The van der Waals surface area contributed by atoms with Crippen LogP contribution in [0.15, 0.2) is 29.6 Å². The zero-order chi connectivity index (χ0) is 13.0. The summed E-state index contributed by atoms with van der Waals surface area (Å²) in [4.78, 5) is 15.8. The monoisotopic (exact) mass is 261 g/mol. The van der Waals surface area contributed by atoms with Crippen LogP contribution in [0.3, 0.4) is 0 Å². The first-order chi connectivity index (χ1) is 8.69. The Balaban J connectivity index is 2.08. The lowest BCUT2D eigenvalue weighted by Crippen LogP contribution is -2.15. The second-order valence-corrected chi connectivity index (χ2v) is 4.98. The molecule has 0 fully saturated rings. The SMILES string of the molecule is Cc1nc(-c2ccc(NC(=O)CCN)cc2)cs1. The van der Waals surface area contributed by atoms with Gasteiger partial charge in [-0.25, -0.2) is 4.98 Å². The van der Waals surface area contributed by atoms with Crippen LogP contribution in [0.5, 0.6) is 0 Å². The van der Waals surface area contributed by atoms with Gasteiger partial charge >= 0.3 is 0 Å². The molecule has 0 unspecified atom stereocenters. The highest BCUT2D eigenvalue weighted by Crippen LogP contribution is 2.23. The summed E-state index contributed by atoms with van der Waals surface area (Å²) < 4.78 is 0. The predicted molar refractivity (Wildman–Crippen MR) is 74.6 cm³/mol. The van der Waals surface area contributed by atoms with Crippen LogP contribution in [0.2, 0.25) is 0 Å². The largest absolute Gasteiger partial charge is 0.330 e. The number of nitrogens with zero attached hydrogens (tertiary/aromatic N) is 1. The van der Waals surface area contributed by atoms with Crippen molar-refractivity contribution in [2.75, 3.05) is 11.9 Å². The van der Waals surface area contributed by atoms with Gasteiger partial charge in [-0.1, -0.05) is 12.1 Å². The third kappa shape index (κ3) is 3.15. The summed E-state index contributed by atoms with van der Waals surface area (Å²) in [6, 6.07) is 7.65. The fraction of sp³-hybridized carbons (Fsp3) is 0.231. The highest BCUT2D eigenvalue weighted by Gasteiger charge is 2.03. The maximum Gasteiger partial charge on any atom is 0.225 e. The molecule has 1 aromatic carbocycles. The average molecular weight is 261 g/mol. The number of aromatic nitrogens is 1. The Morgan fingerprint density at radius 3 is 2.67 bits per heavy atom. The Bertz CT molecular complexity index is 533. The summed E-state index contributed by atoms with van der Waals surface area (Å²) >= 11 is 1.63. The molecule has 0 aliphatic rings. The van der Waals surface area contributed by atoms with Crippen LogP contribution in [-0.4, -0.2) is 17.4 Å². The van der Waals surface area contributed by atoms with Crippen LogP contribution in [0.25, 0.3) is 11.3 Å². The highest BCUT2D eigenvalue weighted by molar-refractivity contribution is 7.09. The van der Waals surface area contributed by atoms with Crippen LogP contribution in [0.4, 0.5) is 5.69 Å². The van der Waals surface area contributed by atoms with Crippen molar-refractivity contribution < 1.29 is 4.79 Å². The van der Waals surface area contributed by atoms with Gasteiger partial charge in [0.1, 0.15) is 0 Å². The number of hydrogen-bond donors (Lipinski definition) is 2. The van der Waals surface area contributed by atoms with E-state index >= 15 is 0 Å². The summed E-state index contributed by atoms with van der Waals surface area (Å²) in [5, 5.41) is 5.86. The van der Waals surface area contributed by atoms with Crippen LogP contribution >= 0.6 is 11.3 Å². The minimum Gasteiger partial charge on any atom is -0.330 e. The molecule has 94 valence electrons. The number of amides is 1. The van der Waals surface area contributed by atoms with Crippen LogP contribution in [0, 0.1) is 6.92 Å². The molecule has 2 aromatic rings. The molecule has 3 N–H and O–H groups in total. The Labute approximate surface area is 110 Å². The van der Waals surface area contributed by atoms with Crippen molar-refractivity contribution in [2.24, 2.45) is 5.73 Å². The molecule has 0 aliphatic carbocycles. The number of nitrogens with one attached hydrogen (secondary N) is 1. The van der Waals surface area contributed by atoms with Crippen molar-refractivity contribution in [1.29, 1.82) is 0 Å². The van der Waals surface area contributed by atoms with Crippen molar-refractivity contribution in [3.8, 4) is 11.3 Å². The first kappa shape index (κ1) is 12.7. The van der Waals surface area contributed by atoms with Crippen molar-refractivity contribution in [2.45, 2.75) is 13.3 Å². The molecule has 0 bridgehead atoms. The second-order valence-electron chi connectivity index (χ2n) is 3.92. The number of benzene rings is 1. The minimum absolute atomic E-state index is 0.0604. The van der Waals surface area contributed by atoms with Crippen molar-refractivity contribution in [3.63, 3.8) is 0 Å². The van der Waals surface area contributed by atoms with Crippen molar-refractivity contribution in [1.82, 2.24) is 4.98 Å². The number of aryl methyl sites for hydroxylation is 1. The molecular formula is C13H15N3OS. The smallest absolute Gasteiger partial charge is 0.225 e. The number of hydrogen-bond acceptors (Lipinski definition) is 4. The van der Waals surface area contributed by atoms with Gasteiger partial charge in [0.05, 0.1) is 10.7 Å². The Morgan fingerprint density at radius 1 is 1.39 bits per heavy atom. The Hall–Kier alpha value is -1.72. The van der Waals surface area contributed by atoms with Gasteiger partial charge in [0.25, 0.3) is 0 Å². The van der Waals surface area contributed by atoms with Crippen LogP contribution in [0.1, 0.15) is 11.4 Å². The molecule has 0 spiro atoms. The molecule has 2 rings (SSSR count). The second kappa shape index (κ2) is 5.75. The topological polar surface area (TPSA) is 68.0 Å². The Morgan fingerprint density at radius 2 is 2.11 bits per heavy atom. The van der Waals surface area contributed by atoms with Crippen molar-refractivity contribution in [3.05, 3.63) is 34.7 Å². The van der Waals surface area contributed by atoms with Gasteiger partial charge in [-0.2, -0.15) is 0 Å². The van der Waals surface area contributed by atoms with Gasteiger partial charge in [0.15, 0.2) is 0 Å². The third-order valence-corrected chi connectivity index (χ3v) is 3.23. The van der Waals surface area contributed by atoms with E-state index in [9.17, 15) is 4.79 Å². The maximum absolute atomic E-state index is 11.4. The van der Waals surface area contributed by atoms with E-state index in [1.165, 1.54) is 0 Å². The van der Waals surface area contributed by atoms with E-state index in [1.807, 2.05) is 36.6 Å². The number of thiazole rings is 1. The first-order valence-corrected chi connectivity index (χ1v) is 6.59. The third-order valence-electron chi connectivity index (χ3n) is 2.45. The van der Waals surface area contributed by atoms with Gasteiger partial charge in [0, 0.05) is 29.6 Å². The first-order valence-electron chi connectivity index (χ1n) is 5.71. The molecule has 1 heterocycles. The number of anilines is 1. The van der Waals surface area contributed by atoms with E-state index in [-0.39, 0.29) is 5.91 Å². The molecule has 4 nitrogen and oxygen atoms in total. The molecule has 5 heteroatoms. The van der Waals surface area contributed by atoms with Gasteiger partial charge in [-0.15, -0.1) is 11.3 Å². The summed E-state index contributed by atoms with van der Waals surface area (Å²) in [5.41, 5.74) is 8.12. The van der Waals surface area contributed by atoms with E-state index in [0.717, 1.165) is 22.0 Å². The lowest BCUT2D eigenvalue weighted by molar-refractivity contribution is -0.116. The number of rotatable bonds is 4. The fourth-order valence-electron chi connectivity index (χ4n) is 1.57. The zero-order valence-corrected chi connectivity index (χ0v) is 11.0. The summed E-state index contributed by atoms with van der Waals surface area (Å²) in [5.74, 6) is -0.0604. The number of carbonyl (C=O) groups excluding carboxylic acids is 1. The standard InChI is InChI=1S/C13H15N3OS/c1-9-15-12(8-18-9)10-2-4-11(5-3-10)16-13(17)6-7-14/h2-5,8H,6-7,14H2,1H3,(H,16,17). The lowest BCUT2D eigenvalue weighted by atomic mass is 10.1. The molecule has 1 aromatic heterocycles. The van der Waals surface area contributed by atoms with Crippen molar-refractivity contribution >= 4 is 22.9 Å². The average Bonchev–Trinajstić information content (AvgIpc) is 2.77.